The van der Waals surface area contributed by atoms with Crippen molar-refractivity contribution in [2.45, 2.75) is 37.6 Å². The molecule has 1 fully saturated rings. The first-order valence-corrected chi connectivity index (χ1v) is 10.5. The lowest BCUT2D eigenvalue weighted by Crippen LogP contribution is -2.44. The number of hydrogen-bond acceptors (Lipinski definition) is 5. The zero-order valence-corrected chi connectivity index (χ0v) is 16.6. The molecule has 1 aliphatic heterocycles. The van der Waals surface area contributed by atoms with Gasteiger partial charge in [0.1, 0.15) is 0 Å². The molecule has 1 heterocycles. The number of piperidine rings is 1. The van der Waals surface area contributed by atoms with Gasteiger partial charge >= 0.3 is 0 Å². The zero-order valence-electron chi connectivity index (χ0n) is 15.7. The van der Waals surface area contributed by atoms with Gasteiger partial charge in [-0.2, -0.15) is 0 Å². The van der Waals surface area contributed by atoms with Crippen LogP contribution in [0.2, 0.25) is 0 Å². The molecule has 0 radical (unpaired) electrons. The highest BCUT2D eigenvalue weighted by atomic mass is 32.2. The Kier molecular flexibility index (Phi) is 7.57. The minimum absolute atomic E-state index is 0.0881. The highest BCUT2D eigenvalue weighted by Gasteiger charge is 2.22. The summed E-state index contributed by atoms with van der Waals surface area (Å²) in [6.45, 7) is 7.38. The second-order valence-electron chi connectivity index (χ2n) is 6.55. The average Bonchev–Trinajstić information content (AvgIpc) is 2.62. The number of nitrogens with zero attached hydrogens (tertiary/aromatic N) is 1. The number of likely N-dealkylation sites (tertiary alicyclic amines) is 1. The number of rotatable bonds is 8. The van der Waals surface area contributed by atoms with Crippen LogP contribution in [0.3, 0.4) is 0 Å². The predicted octanol–water partition coefficient (Wildman–Crippen LogP) is 1.13. The van der Waals surface area contributed by atoms with Crippen molar-refractivity contribution in [1.82, 2.24) is 14.9 Å². The van der Waals surface area contributed by atoms with Crippen LogP contribution >= 0.6 is 0 Å². The zero-order chi connectivity index (χ0) is 19.2. The first kappa shape index (κ1) is 20.8. The third kappa shape index (κ3) is 5.51. The predicted molar refractivity (Wildman–Crippen MR) is 101 cm³/mol. The molecule has 1 aromatic rings. The molecule has 2 rings (SSSR count). The summed E-state index contributed by atoms with van der Waals surface area (Å²) >= 11 is 0. The Balaban J connectivity index is 2.08. The van der Waals surface area contributed by atoms with Crippen LogP contribution in [0, 0.1) is 6.92 Å². The van der Waals surface area contributed by atoms with Crippen molar-refractivity contribution in [3.63, 3.8) is 0 Å². The van der Waals surface area contributed by atoms with Crippen LogP contribution in [0.4, 0.5) is 0 Å². The molecule has 1 aromatic carbocycles. The Morgan fingerprint density at radius 2 is 2.00 bits per heavy atom. The number of nitrogens with one attached hydrogen (secondary N) is 2. The Morgan fingerprint density at radius 3 is 2.62 bits per heavy atom. The minimum atomic E-state index is -3.67. The van der Waals surface area contributed by atoms with E-state index in [2.05, 4.69) is 21.9 Å². The van der Waals surface area contributed by atoms with Gasteiger partial charge in [-0.1, -0.05) is 13.0 Å². The summed E-state index contributed by atoms with van der Waals surface area (Å²) in [6.07, 6.45) is 1.82. The molecule has 26 heavy (non-hydrogen) atoms. The van der Waals surface area contributed by atoms with Crippen LogP contribution in [-0.2, 0) is 14.8 Å². The molecule has 146 valence electrons. The summed E-state index contributed by atoms with van der Waals surface area (Å²) in [5, 5.41) is 3.05. The summed E-state index contributed by atoms with van der Waals surface area (Å²) in [4.78, 5) is 15.1. The molecule has 0 unspecified atom stereocenters. The maximum absolute atomic E-state index is 12.7. The first-order valence-electron chi connectivity index (χ1n) is 9.00. The normalized spacial score (nSPS) is 16.6. The van der Waals surface area contributed by atoms with E-state index in [0.29, 0.717) is 5.56 Å². The van der Waals surface area contributed by atoms with Gasteiger partial charge in [-0.25, -0.2) is 13.1 Å². The fourth-order valence-electron chi connectivity index (χ4n) is 3.03. The number of sulfonamides is 1. The van der Waals surface area contributed by atoms with Crippen molar-refractivity contribution in [2.75, 3.05) is 39.9 Å². The van der Waals surface area contributed by atoms with Crippen LogP contribution in [0.25, 0.3) is 0 Å². The quantitative estimate of drug-likeness (QED) is 0.657. The van der Waals surface area contributed by atoms with E-state index >= 15 is 0 Å². The summed E-state index contributed by atoms with van der Waals surface area (Å²) in [7, 11) is -2.16. The summed E-state index contributed by atoms with van der Waals surface area (Å²) in [6, 6.07) is 4.76. The Bertz CT molecular complexity index is 713. The smallest absolute Gasteiger partial charge is 0.251 e. The fourth-order valence-corrected chi connectivity index (χ4v) is 4.07. The van der Waals surface area contributed by atoms with Crippen LogP contribution in [0.5, 0.6) is 0 Å². The third-order valence-electron chi connectivity index (χ3n) is 4.73. The van der Waals surface area contributed by atoms with E-state index in [9.17, 15) is 13.2 Å². The van der Waals surface area contributed by atoms with Crippen LogP contribution < -0.4 is 10.0 Å². The maximum atomic E-state index is 12.7. The van der Waals surface area contributed by atoms with E-state index < -0.39 is 10.0 Å². The molecule has 1 aliphatic rings. The number of carbonyl (C=O) groups excluding carboxylic acids is 1. The molecule has 1 amide bonds. The Morgan fingerprint density at radius 1 is 1.31 bits per heavy atom. The van der Waals surface area contributed by atoms with Gasteiger partial charge < -0.3 is 15.0 Å². The first-order chi connectivity index (χ1) is 12.4. The molecule has 7 nitrogen and oxygen atoms in total. The largest absolute Gasteiger partial charge is 0.383 e. The van der Waals surface area contributed by atoms with Gasteiger partial charge in [0.2, 0.25) is 10.0 Å². The van der Waals surface area contributed by atoms with Crippen molar-refractivity contribution in [2.24, 2.45) is 0 Å². The molecule has 1 saturated heterocycles. The van der Waals surface area contributed by atoms with Gasteiger partial charge in [-0.15, -0.1) is 0 Å². The standard InChI is InChI=1S/C18H29N3O4S/c1-4-21-10-7-15(8-11-21)20-18(22)17-13-16(6-5-14(17)2)26(23,24)19-9-12-25-3/h5-6,13,15,19H,4,7-12H2,1-3H3,(H,20,22). The second kappa shape index (κ2) is 9.45. The number of hydrogen-bond donors (Lipinski definition) is 2. The summed E-state index contributed by atoms with van der Waals surface area (Å²) in [5.41, 5.74) is 1.15. The van der Waals surface area contributed by atoms with Gasteiger partial charge in [0.05, 0.1) is 11.5 Å². The number of aryl methyl sites for hydroxylation is 1. The van der Waals surface area contributed by atoms with Crippen molar-refractivity contribution in [3.05, 3.63) is 29.3 Å². The molecule has 0 aliphatic carbocycles. The topological polar surface area (TPSA) is 87.7 Å². The monoisotopic (exact) mass is 383 g/mol. The highest BCUT2D eigenvalue weighted by Crippen LogP contribution is 2.17. The highest BCUT2D eigenvalue weighted by molar-refractivity contribution is 7.89. The molecule has 8 heteroatoms. The third-order valence-corrected chi connectivity index (χ3v) is 6.19. The van der Waals surface area contributed by atoms with Gasteiger partial charge in [0, 0.05) is 38.3 Å². The summed E-state index contributed by atoms with van der Waals surface area (Å²) in [5.74, 6) is -0.216. The number of ether oxygens (including phenoxy) is 1. The fraction of sp³-hybridized carbons (Fsp3) is 0.611. The van der Waals surface area contributed by atoms with E-state index in [1.165, 1.54) is 19.2 Å². The van der Waals surface area contributed by atoms with Crippen LogP contribution in [0.15, 0.2) is 23.1 Å². The molecule has 2 N–H and O–H groups in total. The Labute approximate surface area is 156 Å². The number of benzene rings is 1. The van der Waals surface area contributed by atoms with Gasteiger partial charge in [-0.3, -0.25) is 4.79 Å². The van der Waals surface area contributed by atoms with Crippen molar-refractivity contribution in [1.29, 1.82) is 0 Å². The maximum Gasteiger partial charge on any atom is 0.251 e. The van der Waals surface area contributed by atoms with E-state index in [4.69, 9.17) is 4.74 Å². The van der Waals surface area contributed by atoms with Crippen LogP contribution in [-0.4, -0.2) is 65.2 Å². The molecule has 0 atom stereocenters. The number of methoxy groups -OCH3 is 1. The molecular formula is C18H29N3O4S. The van der Waals surface area contributed by atoms with Crippen molar-refractivity contribution < 1.29 is 17.9 Å². The second-order valence-corrected chi connectivity index (χ2v) is 8.32. The van der Waals surface area contributed by atoms with E-state index in [0.717, 1.165) is 38.0 Å². The Hall–Kier alpha value is -1.48. The van der Waals surface area contributed by atoms with Crippen molar-refractivity contribution >= 4 is 15.9 Å². The summed E-state index contributed by atoms with van der Waals surface area (Å²) < 4.78 is 32.0. The van der Waals surface area contributed by atoms with E-state index in [-0.39, 0.29) is 30.0 Å². The van der Waals surface area contributed by atoms with Crippen LogP contribution in [0.1, 0.15) is 35.7 Å². The lowest BCUT2D eigenvalue weighted by atomic mass is 10.0. The van der Waals surface area contributed by atoms with Gasteiger partial charge in [0.15, 0.2) is 0 Å². The molecular weight excluding hydrogens is 354 g/mol. The molecule has 0 spiro atoms. The number of amides is 1. The van der Waals surface area contributed by atoms with Gasteiger partial charge in [-0.05, 0) is 44.0 Å². The number of carbonyl (C=O) groups is 1. The van der Waals surface area contributed by atoms with Crippen molar-refractivity contribution in [3.8, 4) is 0 Å². The molecule has 0 saturated carbocycles. The average molecular weight is 384 g/mol. The van der Waals surface area contributed by atoms with E-state index in [1.54, 1.807) is 6.07 Å². The molecule has 0 aromatic heterocycles. The van der Waals surface area contributed by atoms with E-state index in [1.807, 2.05) is 6.92 Å². The van der Waals surface area contributed by atoms with Gasteiger partial charge in [0.25, 0.3) is 5.91 Å². The lowest BCUT2D eigenvalue weighted by Gasteiger charge is -2.31. The SMILES string of the molecule is CCN1CCC(NC(=O)c2cc(S(=O)(=O)NCCOC)ccc2C)CC1. The molecule has 0 bridgehead atoms. The lowest BCUT2D eigenvalue weighted by molar-refractivity contribution is 0.0912. The minimum Gasteiger partial charge on any atom is -0.383 e.